The molecule has 0 aromatic heterocycles. The van der Waals surface area contributed by atoms with Crippen molar-refractivity contribution in [2.45, 2.75) is 66.3 Å². The van der Waals surface area contributed by atoms with Crippen LogP contribution in [-0.2, 0) is 14.4 Å². The molecule has 1 fully saturated rings. The molecule has 0 aromatic carbocycles. The number of rotatable bonds is 5. The number of ketones is 1. The van der Waals surface area contributed by atoms with E-state index < -0.39 is 5.54 Å². The molecule has 0 N–H and O–H groups in total. The van der Waals surface area contributed by atoms with E-state index in [1.54, 1.807) is 13.8 Å². The van der Waals surface area contributed by atoms with Gasteiger partial charge in [-0.3, -0.25) is 14.5 Å². The molecular weight excluding hydrogens is 242 g/mol. The first-order chi connectivity index (χ1) is 8.46. The van der Waals surface area contributed by atoms with E-state index >= 15 is 0 Å². The lowest BCUT2D eigenvalue weighted by Gasteiger charge is -2.40. The highest BCUT2D eigenvalue weighted by Gasteiger charge is 2.45. The monoisotopic (exact) mass is 267 g/mol. The molecule has 1 heterocycles. The molecule has 0 aliphatic carbocycles. The quantitative estimate of drug-likeness (QED) is 0.719. The summed E-state index contributed by atoms with van der Waals surface area (Å²) in [7, 11) is 0. The molecule has 1 unspecified atom stereocenters. The molecule has 0 spiro atoms. The number of nitrogens with zero attached hydrogens (tertiary/aromatic N) is 1. The van der Waals surface area contributed by atoms with Crippen molar-refractivity contribution < 1.29 is 14.4 Å². The largest absolute Gasteiger partial charge is 0.300 e. The predicted molar refractivity (Wildman–Crippen MR) is 73.4 cm³/mol. The highest BCUT2D eigenvalue weighted by atomic mass is 16.2. The van der Waals surface area contributed by atoms with Crippen molar-refractivity contribution in [3.05, 3.63) is 0 Å². The predicted octanol–water partition coefficient (Wildman–Crippen LogP) is 2.56. The summed E-state index contributed by atoms with van der Waals surface area (Å²) >= 11 is 0. The van der Waals surface area contributed by atoms with E-state index in [2.05, 4.69) is 0 Å². The lowest BCUT2D eigenvalue weighted by Crippen LogP contribution is -2.50. The van der Waals surface area contributed by atoms with Gasteiger partial charge in [0.1, 0.15) is 5.78 Å². The Balaban J connectivity index is 2.89. The Morgan fingerprint density at radius 2 is 1.79 bits per heavy atom. The molecule has 108 valence electrons. The minimum atomic E-state index is -0.544. The molecule has 4 nitrogen and oxygen atoms in total. The second kappa shape index (κ2) is 5.06. The average molecular weight is 267 g/mol. The highest BCUT2D eigenvalue weighted by molar-refractivity contribution is 6.04. The summed E-state index contributed by atoms with van der Waals surface area (Å²) in [5, 5.41) is 0. The zero-order valence-corrected chi connectivity index (χ0v) is 12.9. The van der Waals surface area contributed by atoms with Crippen molar-refractivity contribution in [3.63, 3.8) is 0 Å². The first-order valence-corrected chi connectivity index (χ1v) is 6.83. The van der Waals surface area contributed by atoms with E-state index in [1.807, 2.05) is 27.7 Å². The van der Waals surface area contributed by atoms with E-state index in [4.69, 9.17) is 0 Å². The standard InChI is InChI=1S/C15H25NO3/c1-10-7-12(18)16(13(10)19)15(5,6)9-14(3,4)8-11(2)17/h10H,7-9H2,1-6H3. The molecule has 2 amide bonds. The fourth-order valence-corrected chi connectivity index (χ4v) is 3.41. The van der Waals surface area contributed by atoms with E-state index in [0.717, 1.165) is 0 Å². The number of Topliss-reactive ketones (excluding diaryl/α,β-unsaturated/α-hetero) is 1. The number of amides is 2. The third kappa shape index (κ3) is 3.64. The lowest BCUT2D eigenvalue weighted by molar-refractivity contribution is -0.146. The molecule has 0 aromatic rings. The van der Waals surface area contributed by atoms with Crippen LogP contribution in [0.25, 0.3) is 0 Å². The average Bonchev–Trinajstić information content (AvgIpc) is 2.35. The first-order valence-electron chi connectivity index (χ1n) is 6.83. The maximum atomic E-state index is 12.1. The van der Waals surface area contributed by atoms with E-state index in [0.29, 0.717) is 19.3 Å². The summed E-state index contributed by atoms with van der Waals surface area (Å²) in [6, 6.07) is 0. The number of imide groups is 1. The minimum absolute atomic E-state index is 0.0892. The molecule has 1 aliphatic heterocycles. The Morgan fingerprint density at radius 3 is 2.16 bits per heavy atom. The van der Waals surface area contributed by atoms with Crippen LogP contribution >= 0.6 is 0 Å². The molecular formula is C15H25NO3. The van der Waals surface area contributed by atoms with Crippen LogP contribution < -0.4 is 0 Å². The Labute approximate surface area is 115 Å². The zero-order valence-electron chi connectivity index (χ0n) is 12.9. The Hall–Kier alpha value is -1.19. The Bertz CT molecular complexity index is 410. The molecule has 0 bridgehead atoms. The van der Waals surface area contributed by atoms with Crippen LogP contribution in [0.4, 0.5) is 0 Å². The van der Waals surface area contributed by atoms with Gasteiger partial charge in [-0.1, -0.05) is 20.8 Å². The van der Waals surface area contributed by atoms with Crippen LogP contribution in [0, 0.1) is 11.3 Å². The van der Waals surface area contributed by atoms with Gasteiger partial charge in [0.05, 0.1) is 0 Å². The molecule has 19 heavy (non-hydrogen) atoms. The van der Waals surface area contributed by atoms with E-state index in [9.17, 15) is 14.4 Å². The first kappa shape index (κ1) is 15.9. The summed E-state index contributed by atoms with van der Waals surface area (Å²) in [6.45, 7) is 11.2. The summed E-state index contributed by atoms with van der Waals surface area (Å²) in [5.41, 5.74) is -0.764. The summed E-state index contributed by atoms with van der Waals surface area (Å²) in [4.78, 5) is 36.8. The van der Waals surface area contributed by atoms with Gasteiger partial charge in [-0.2, -0.15) is 0 Å². The fourth-order valence-electron chi connectivity index (χ4n) is 3.41. The number of likely N-dealkylation sites (tertiary alicyclic amines) is 1. The summed E-state index contributed by atoms with van der Waals surface area (Å²) < 4.78 is 0. The third-order valence-electron chi connectivity index (χ3n) is 3.62. The van der Waals surface area contributed by atoms with E-state index in [-0.39, 0.29) is 28.9 Å². The molecule has 0 radical (unpaired) electrons. The molecule has 1 atom stereocenters. The topological polar surface area (TPSA) is 54.5 Å². The van der Waals surface area contributed by atoms with Crippen LogP contribution in [-0.4, -0.2) is 28.0 Å². The maximum Gasteiger partial charge on any atom is 0.233 e. The fraction of sp³-hybridized carbons (Fsp3) is 0.800. The molecule has 0 saturated carbocycles. The van der Waals surface area contributed by atoms with Crippen molar-refractivity contribution in [2.24, 2.45) is 11.3 Å². The van der Waals surface area contributed by atoms with Crippen LogP contribution in [0.2, 0.25) is 0 Å². The van der Waals surface area contributed by atoms with Crippen LogP contribution in [0.1, 0.15) is 60.8 Å². The number of hydrogen-bond acceptors (Lipinski definition) is 3. The van der Waals surface area contributed by atoms with Gasteiger partial charge in [-0.15, -0.1) is 0 Å². The zero-order chi connectivity index (χ0) is 15.0. The number of carbonyl (C=O) groups excluding carboxylic acids is 3. The van der Waals surface area contributed by atoms with Gasteiger partial charge in [0.2, 0.25) is 11.8 Å². The van der Waals surface area contributed by atoms with Crippen LogP contribution in [0.5, 0.6) is 0 Å². The molecule has 1 aliphatic rings. The van der Waals surface area contributed by atoms with Crippen molar-refractivity contribution in [3.8, 4) is 0 Å². The van der Waals surface area contributed by atoms with Gasteiger partial charge in [-0.25, -0.2) is 0 Å². The van der Waals surface area contributed by atoms with Gasteiger partial charge < -0.3 is 4.79 Å². The van der Waals surface area contributed by atoms with Gasteiger partial charge in [0.15, 0.2) is 0 Å². The SMILES string of the molecule is CC(=O)CC(C)(C)CC(C)(C)N1C(=O)CC(C)C1=O. The molecule has 1 rings (SSSR count). The normalized spacial score (nSPS) is 21.2. The second-order valence-electron chi connectivity index (χ2n) is 7.20. The van der Waals surface area contributed by atoms with Gasteiger partial charge in [0.25, 0.3) is 0 Å². The van der Waals surface area contributed by atoms with Gasteiger partial charge in [-0.05, 0) is 32.6 Å². The number of carbonyl (C=O) groups is 3. The van der Waals surface area contributed by atoms with Crippen molar-refractivity contribution in [1.82, 2.24) is 4.90 Å². The van der Waals surface area contributed by atoms with Gasteiger partial charge >= 0.3 is 0 Å². The van der Waals surface area contributed by atoms with Crippen molar-refractivity contribution in [2.75, 3.05) is 0 Å². The van der Waals surface area contributed by atoms with Gasteiger partial charge in [0, 0.05) is 24.3 Å². The summed E-state index contributed by atoms with van der Waals surface area (Å²) in [5.74, 6) is -0.273. The lowest BCUT2D eigenvalue weighted by atomic mass is 9.76. The van der Waals surface area contributed by atoms with Crippen LogP contribution in [0.3, 0.4) is 0 Å². The summed E-state index contributed by atoms with van der Waals surface area (Å²) in [6.07, 6.45) is 1.39. The molecule has 4 heteroatoms. The maximum absolute atomic E-state index is 12.1. The van der Waals surface area contributed by atoms with E-state index in [1.165, 1.54) is 4.90 Å². The Morgan fingerprint density at radius 1 is 1.26 bits per heavy atom. The second-order valence-corrected chi connectivity index (χ2v) is 7.20. The molecule has 1 saturated heterocycles. The smallest absolute Gasteiger partial charge is 0.233 e. The third-order valence-corrected chi connectivity index (χ3v) is 3.62. The highest BCUT2D eigenvalue weighted by Crippen LogP contribution is 2.37. The minimum Gasteiger partial charge on any atom is -0.300 e. The van der Waals surface area contributed by atoms with Crippen LogP contribution in [0.15, 0.2) is 0 Å². The van der Waals surface area contributed by atoms with Crippen molar-refractivity contribution >= 4 is 17.6 Å². The van der Waals surface area contributed by atoms with Crippen molar-refractivity contribution in [1.29, 1.82) is 0 Å². The number of hydrogen-bond donors (Lipinski definition) is 0. The Kier molecular flexibility index (Phi) is 4.23.